The van der Waals surface area contributed by atoms with Crippen LogP contribution in [0, 0.1) is 5.82 Å². The molecule has 0 aliphatic heterocycles. The lowest BCUT2D eigenvalue weighted by molar-refractivity contribution is 0.196. The summed E-state index contributed by atoms with van der Waals surface area (Å²) in [4.78, 5) is 2.15. The van der Waals surface area contributed by atoms with Gasteiger partial charge in [0.25, 0.3) is 0 Å². The van der Waals surface area contributed by atoms with Crippen LogP contribution in [0.4, 0.5) is 10.1 Å². The smallest absolute Gasteiger partial charge is 0.123 e. The highest BCUT2D eigenvalue weighted by molar-refractivity contribution is 5.53. The van der Waals surface area contributed by atoms with Crippen LogP contribution in [0.1, 0.15) is 32.8 Å². The van der Waals surface area contributed by atoms with Crippen LogP contribution in [0.25, 0.3) is 0 Å². The lowest BCUT2D eigenvalue weighted by Crippen LogP contribution is -2.35. The van der Waals surface area contributed by atoms with Gasteiger partial charge in [0, 0.05) is 45.1 Å². The predicted molar refractivity (Wildman–Crippen MR) is 82.8 cm³/mol. The van der Waals surface area contributed by atoms with Crippen LogP contribution in [-0.2, 0) is 11.3 Å². The first-order valence-electron chi connectivity index (χ1n) is 7.07. The molecule has 0 aliphatic carbocycles. The fourth-order valence-electron chi connectivity index (χ4n) is 1.99. The maximum Gasteiger partial charge on any atom is 0.123 e. The maximum atomic E-state index is 13.5. The number of methoxy groups -OCH3 is 1. The minimum absolute atomic E-state index is 0.0121. The summed E-state index contributed by atoms with van der Waals surface area (Å²) in [5.41, 5.74) is 2.07. The Bertz CT molecular complexity index is 415. The zero-order valence-corrected chi connectivity index (χ0v) is 13.3. The molecule has 0 saturated heterocycles. The van der Waals surface area contributed by atoms with Crippen LogP contribution < -0.4 is 10.2 Å². The van der Waals surface area contributed by atoms with Gasteiger partial charge < -0.3 is 15.0 Å². The normalized spacial score (nSPS) is 11.7. The Kier molecular flexibility index (Phi) is 6.43. The number of halogens is 1. The van der Waals surface area contributed by atoms with Crippen molar-refractivity contribution in [2.24, 2.45) is 0 Å². The molecule has 0 bridgehead atoms. The van der Waals surface area contributed by atoms with Crippen LogP contribution >= 0.6 is 0 Å². The van der Waals surface area contributed by atoms with Gasteiger partial charge in [-0.1, -0.05) is 0 Å². The number of nitrogens with one attached hydrogen (secondary N) is 1. The number of anilines is 1. The highest BCUT2D eigenvalue weighted by atomic mass is 19.1. The first-order valence-corrected chi connectivity index (χ1v) is 7.07. The number of rotatable bonds is 7. The van der Waals surface area contributed by atoms with Gasteiger partial charge in [-0.15, -0.1) is 0 Å². The zero-order chi connectivity index (χ0) is 15.2. The van der Waals surface area contributed by atoms with Crippen molar-refractivity contribution in [1.29, 1.82) is 0 Å². The third-order valence-electron chi connectivity index (χ3n) is 3.10. The van der Waals surface area contributed by atoms with Gasteiger partial charge in [0.05, 0.1) is 0 Å². The molecule has 4 heteroatoms. The van der Waals surface area contributed by atoms with Crippen molar-refractivity contribution in [3.05, 3.63) is 29.6 Å². The van der Waals surface area contributed by atoms with Gasteiger partial charge in [0.1, 0.15) is 5.82 Å². The minimum Gasteiger partial charge on any atom is -0.385 e. The molecule has 0 saturated carbocycles. The fourth-order valence-corrected chi connectivity index (χ4v) is 1.99. The Labute approximate surface area is 122 Å². The van der Waals surface area contributed by atoms with E-state index in [0.717, 1.165) is 30.8 Å². The lowest BCUT2D eigenvalue weighted by Gasteiger charge is -2.25. The molecule has 0 fully saturated rings. The van der Waals surface area contributed by atoms with Crippen molar-refractivity contribution in [2.75, 3.05) is 32.2 Å². The highest BCUT2D eigenvalue weighted by Crippen LogP contribution is 2.21. The number of nitrogens with zero attached hydrogens (tertiary/aromatic N) is 1. The monoisotopic (exact) mass is 282 g/mol. The zero-order valence-electron chi connectivity index (χ0n) is 13.3. The molecule has 0 unspecified atom stereocenters. The van der Waals surface area contributed by atoms with Gasteiger partial charge in [-0.2, -0.15) is 0 Å². The topological polar surface area (TPSA) is 24.5 Å². The summed E-state index contributed by atoms with van der Waals surface area (Å²) >= 11 is 0. The molecule has 1 N–H and O–H groups in total. The summed E-state index contributed by atoms with van der Waals surface area (Å²) in [6.45, 7) is 8.60. The van der Waals surface area contributed by atoms with Crippen LogP contribution in [0.15, 0.2) is 18.2 Å². The molecule has 0 spiro atoms. The first kappa shape index (κ1) is 16.9. The van der Waals surface area contributed by atoms with E-state index in [2.05, 4.69) is 31.0 Å². The largest absolute Gasteiger partial charge is 0.385 e. The van der Waals surface area contributed by atoms with Crippen molar-refractivity contribution in [1.82, 2.24) is 5.32 Å². The molecule has 0 atom stereocenters. The molecule has 0 aliphatic rings. The summed E-state index contributed by atoms with van der Waals surface area (Å²) < 4.78 is 18.5. The highest BCUT2D eigenvalue weighted by Gasteiger charge is 2.13. The molecule has 0 aromatic heterocycles. The van der Waals surface area contributed by atoms with Gasteiger partial charge in [-0.3, -0.25) is 0 Å². The Morgan fingerprint density at radius 3 is 2.60 bits per heavy atom. The Morgan fingerprint density at radius 2 is 2.00 bits per heavy atom. The van der Waals surface area contributed by atoms with Gasteiger partial charge >= 0.3 is 0 Å². The van der Waals surface area contributed by atoms with Crippen molar-refractivity contribution >= 4 is 5.69 Å². The van der Waals surface area contributed by atoms with Gasteiger partial charge in [-0.25, -0.2) is 4.39 Å². The Balaban J connectivity index is 2.78. The van der Waals surface area contributed by atoms with E-state index in [9.17, 15) is 4.39 Å². The molecule has 0 radical (unpaired) electrons. The van der Waals surface area contributed by atoms with Crippen LogP contribution in [0.5, 0.6) is 0 Å². The van der Waals surface area contributed by atoms with E-state index >= 15 is 0 Å². The molecule has 114 valence electrons. The Morgan fingerprint density at radius 1 is 1.30 bits per heavy atom. The number of hydrogen-bond acceptors (Lipinski definition) is 3. The molecule has 1 rings (SSSR count). The van der Waals surface area contributed by atoms with Crippen molar-refractivity contribution in [2.45, 2.75) is 39.3 Å². The SMILES string of the molecule is COCCCN(C)c1ccc(F)cc1CNC(C)(C)C. The second-order valence-electron chi connectivity index (χ2n) is 6.14. The molecule has 1 aromatic rings. The average molecular weight is 282 g/mol. The van der Waals surface area contributed by atoms with Crippen LogP contribution in [0.2, 0.25) is 0 Å². The molecule has 1 aromatic carbocycles. The lowest BCUT2D eigenvalue weighted by atomic mass is 10.1. The van der Waals surface area contributed by atoms with E-state index in [1.165, 1.54) is 6.07 Å². The van der Waals surface area contributed by atoms with E-state index < -0.39 is 0 Å². The van der Waals surface area contributed by atoms with Gasteiger partial charge in [0.15, 0.2) is 0 Å². The molecule has 0 amide bonds. The summed E-state index contributed by atoms with van der Waals surface area (Å²) in [5, 5.41) is 3.41. The second kappa shape index (κ2) is 7.60. The number of ether oxygens (including phenoxy) is 1. The van der Waals surface area contributed by atoms with Crippen molar-refractivity contribution in [3.8, 4) is 0 Å². The van der Waals surface area contributed by atoms with Crippen LogP contribution in [-0.4, -0.2) is 32.8 Å². The summed E-state index contributed by atoms with van der Waals surface area (Å²) in [5.74, 6) is -0.190. The minimum atomic E-state index is -0.190. The predicted octanol–water partition coefficient (Wildman–Crippen LogP) is 3.19. The third kappa shape index (κ3) is 5.88. The summed E-state index contributed by atoms with van der Waals surface area (Å²) in [7, 11) is 3.74. The van der Waals surface area contributed by atoms with Crippen LogP contribution in [0.3, 0.4) is 0 Å². The molecule has 20 heavy (non-hydrogen) atoms. The number of benzene rings is 1. The van der Waals surface area contributed by atoms with Gasteiger partial charge in [0.2, 0.25) is 0 Å². The maximum absolute atomic E-state index is 13.5. The van der Waals surface area contributed by atoms with E-state index in [1.54, 1.807) is 13.2 Å². The van der Waals surface area contributed by atoms with Crippen molar-refractivity contribution < 1.29 is 9.13 Å². The van der Waals surface area contributed by atoms with E-state index in [0.29, 0.717) is 6.54 Å². The molecular weight excluding hydrogens is 255 g/mol. The standard InChI is InChI=1S/C16H27FN2O/c1-16(2,3)18-12-13-11-14(17)7-8-15(13)19(4)9-6-10-20-5/h7-8,11,18H,6,9-10,12H2,1-5H3. The first-order chi connectivity index (χ1) is 9.33. The fraction of sp³-hybridized carbons (Fsp3) is 0.625. The quantitative estimate of drug-likeness (QED) is 0.777. The second-order valence-corrected chi connectivity index (χ2v) is 6.14. The number of hydrogen-bond donors (Lipinski definition) is 1. The third-order valence-corrected chi connectivity index (χ3v) is 3.10. The summed E-state index contributed by atoms with van der Waals surface area (Å²) in [6, 6.07) is 4.98. The molecular formula is C16H27FN2O. The van der Waals surface area contributed by atoms with E-state index in [1.807, 2.05) is 13.1 Å². The molecule has 0 heterocycles. The van der Waals surface area contributed by atoms with Crippen molar-refractivity contribution in [3.63, 3.8) is 0 Å². The summed E-state index contributed by atoms with van der Waals surface area (Å²) in [6.07, 6.45) is 0.955. The molecule has 3 nitrogen and oxygen atoms in total. The average Bonchev–Trinajstić information content (AvgIpc) is 2.35. The van der Waals surface area contributed by atoms with Gasteiger partial charge in [-0.05, 0) is 51.0 Å². The van der Waals surface area contributed by atoms with E-state index in [4.69, 9.17) is 4.74 Å². The van der Waals surface area contributed by atoms with E-state index in [-0.39, 0.29) is 11.4 Å². The Hall–Kier alpha value is -1.13.